The number of hydrogen-bond acceptors (Lipinski definition) is 7. The lowest BCUT2D eigenvalue weighted by molar-refractivity contribution is -0.231. The fraction of sp³-hybridized carbons (Fsp3) is 0.929. The molecule has 0 saturated carbocycles. The van der Waals surface area contributed by atoms with Gasteiger partial charge in [-0.2, -0.15) is 0 Å². The molecule has 122 valence electrons. The number of aliphatic hydroxyl groups is 1. The average Bonchev–Trinajstić information content (AvgIpc) is 2.90. The molecule has 0 spiro atoms. The quantitative estimate of drug-likeness (QED) is 0.567. The summed E-state index contributed by atoms with van der Waals surface area (Å²) in [5.41, 5.74) is 0. The Morgan fingerprint density at radius 1 is 1.38 bits per heavy atom. The van der Waals surface area contributed by atoms with E-state index in [1.54, 1.807) is 13.8 Å². The van der Waals surface area contributed by atoms with Gasteiger partial charge in [-0.15, -0.1) is 0 Å². The summed E-state index contributed by atoms with van der Waals surface area (Å²) in [4.78, 5) is 11.5. The first-order valence-electron chi connectivity index (χ1n) is 7.28. The van der Waals surface area contributed by atoms with E-state index >= 15 is 0 Å². The van der Waals surface area contributed by atoms with E-state index in [-0.39, 0.29) is 0 Å². The fourth-order valence-corrected chi connectivity index (χ4v) is 2.57. The number of rotatable bonds is 6. The van der Waals surface area contributed by atoms with Crippen LogP contribution in [0, 0.1) is 0 Å². The van der Waals surface area contributed by atoms with Gasteiger partial charge in [-0.1, -0.05) is 13.3 Å². The first-order valence-corrected chi connectivity index (χ1v) is 7.28. The molecule has 2 fully saturated rings. The molecule has 2 saturated heterocycles. The molecule has 0 radical (unpaired) electrons. The van der Waals surface area contributed by atoms with Crippen molar-refractivity contribution in [3.63, 3.8) is 0 Å². The Balaban J connectivity index is 2.08. The number of carbonyl (C=O) groups is 1. The zero-order valence-electron chi connectivity index (χ0n) is 12.9. The maximum Gasteiger partial charge on any atom is 0.337 e. The number of carbonyl (C=O) groups excluding carboxylic acids is 1. The van der Waals surface area contributed by atoms with Gasteiger partial charge in [-0.3, -0.25) is 0 Å². The highest BCUT2D eigenvalue weighted by molar-refractivity contribution is 5.75. The maximum absolute atomic E-state index is 11.5. The molecule has 21 heavy (non-hydrogen) atoms. The molecule has 0 aromatic carbocycles. The van der Waals surface area contributed by atoms with Crippen LogP contribution in [0.1, 0.15) is 33.6 Å². The number of unbranched alkanes of at least 4 members (excludes halogenated alkanes) is 1. The monoisotopic (exact) mass is 304 g/mol. The molecule has 7 nitrogen and oxygen atoms in total. The molecule has 0 aromatic rings. The predicted molar refractivity (Wildman–Crippen MR) is 71.4 cm³/mol. The Morgan fingerprint density at radius 2 is 2.10 bits per heavy atom. The third-order valence-corrected chi connectivity index (χ3v) is 3.59. The first-order chi connectivity index (χ1) is 9.89. The van der Waals surface area contributed by atoms with Crippen molar-refractivity contribution in [1.82, 2.24) is 0 Å². The van der Waals surface area contributed by atoms with Gasteiger partial charge < -0.3 is 28.8 Å². The van der Waals surface area contributed by atoms with Gasteiger partial charge in [0, 0.05) is 6.61 Å². The van der Waals surface area contributed by atoms with Crippen LogP contribution in [0.5, 0.6) is 0 Å². The third kappa shape index (κ3) is 3.54. The molecule has 2 aliphatic heterocycles. The van der Waals surface area contributed by atoms with Crippen LogP contribution in [0.2, 0.25) is 0 Å². The third-order valence-electron chi connectivity index (χ3n) is 3.59. The van der Waals surface area contributed by atoms with Crippen molar-refractivity contribution < 1.29 is 33.6 Å². The number of esters is 1. The van der Waals surface area contributed by atoms with Gasteiger partial charge in [0.05, 0.1) is 7.11 Å². The topological polar surface area (TPSA) is 83.5 Å². The van der Waals surface area contributed by atoms with Crippen LogP contribution in [0.4, 0.5) is 0 Å². The van der Waals surface area contributed by atoms with E-state index in [0.717, 1.165) is 12.8 Å². The van der Waals surface area contributed by atoms with Crippen molar-refractivity contribution >= 4 is 5.97 Å². The van der Waals surface area contributed by atoms with Crippen molar-refractivity contribution in [3.05, 3.63) is 0 Å². The highest BCUT2D eigenvalue weighted by Crippen LogP contribution is 2.39. The summed E-state index contributed by atoms with van der Waals surface area (Å²) < 4.78 is 27.4. The zero-order chi connectivity index (χ0) is 15.6. The number of methoxy groups -OCH3 is 1. The van der Waals surface area contributed by atoms with Gasteiger partial charge in [0.25, 0.3) is 0 Å². The Morgan fingerprint density at radius 3 is 2.71 bits per heavy atom. The molecule has 1 N–H and O–H groups in total. The van der Waals surface area contributed by atoms with Crippen LogP contribution in [0.25, 0.3) is 0 Å². The summed E-state index contributed by atoms with van der Waals surface area (Å²) in [5, 5.41) is 10.0. The van der Waals surface area contributed by atoms with Crippen molar-refractivity contribution in [2.45, 2.75) is 70.1 Å². The molecule has 2 heterocycles. The van der Waals surface area contributed by atoms with Crippen molar-refractivity contribution in [2.24, 2.45) is 0 Å². The Hall–Kier alpha value is -0.730. The van der Waals surface area contributed by atoms with E-state index in [9.17, 15) is 9.90 Å². The standard InChI is InChI=1S/C14H24O7/c1-5-6-7-18-10-9(8(15)12(16)17-4)19-13-11(10)20-14(2,3)21-13/h8-11,13,15H,5-7H2,1-4H3. The molecule has 7 heteroatoms. The summed E-state index contributed by atoms with van der Waals surface area (Å²) in [6.07, 6.45) is -2.13. The minimum atomic E-state index is -1.43. The summed E-state index contributed by atoms with van der Waals surface area (Å²) in [6, 6.07) is 0. The van der Waals surface area contributed by atoms with Gasteiger partial charge in [0.15, 0.2) is 18.2 Å². The number of hydrogen-bond donors (Lipinski definition) is 1. The molecular weight excluding hydrogens is 280 g/mol. The summed E-state index contributed by atoms with van der Waals surface area (Å²) >= 11 is 0. The Kier molecular flexibility index (Phi) is 5.21. The van der Waals surface area contributed by atoms with Crippen molar-refractivity contribution in [2.75, 3.05) is 13.7 Å². The average molecular weight is 304 g/mol. The highest BCUT2D eigenvalue weighted by Gasteiger charge is 2.58. The smallest absolute Gasteiger partial charge is 0.337 e. The molecule has 2 rings (SSSR count). The molecule has 2 aliphatic rings. The largest absolute Gasteiger partial charge is 0.467 e. The van der Waals surface area contributed by atoms with Crippen molar-refractivity contribution in [1.29, 1.82) is 0 Å². The molecule has 0 aliphatic carbocycles. The van der Waals surface area contributed by atoms with E-state index < -0.39 is 42.5 Å². The Labute approximate surface area is 124 Å². The lowest BCUT2D eigenvalue weighted by atomic mass is 10.1. The van der Waals surface area contributed by atoms with E-state index in [0.29, 0.717) is 6.61 Å². The van der Waals surface area contributed by atoms with Crippen LogP contribution in [0.3, 0.4) is 0 Å². The lowest BCUT2D eigenvalue weighted by Crippen LogP contribution is -2.46. The second-order valence-corrected chi connectivity index (χ2v) is 5.73. The van der Waals surface area contributed by atoms with Crippen LogP contribution < -0.4 is 0 Å². The van der Waals surface area contributed by atoms with E-state index in [1.807, 2.05) is 0 Å². The number of fused-ring (bicyclic) bond motifs is 1. The SMILES string of the molecule is CCCCOC1C2OC(C)(C)OC2OC1C(O)C(=O)OC. The normalized spacial score (nSPS) is 35.5. The van der Waals surface area contributed by atoms with Crippen LogP contribution in [-0.2, 0) is 28.5 Å². The maximum atomic E-state index is 11.5. The highest BCUT2D eigenvalue weighted by atomic mass is 16.8. The van der Waals surface area contributed by atoms with Gasteiger partial charge in [0.1, 0.15) is 18.3 Å². The number of ether oxygens (including phenoxy) is 5. The molecule has 0 amide bonds. The van der Waals surface area contributed by atoms with E-state index in [1.165, 1.54) is 7.11 Å². The van der Waals surface area contributed by atoms with E-state index in [2.05, 4.69) is 11.7 Å². The number of aliphatic hydroxyl groups excluding tert-OH is 1. The second kappa shape index (κ2) is 6.58. The summed E-state index contributed by atoms with van der Waals surface area (Å²) in [7, 11) is 1.21. The van der Waals surface area contributed by atoms with Crippen LogP contribution >= 0.6 is 0 Å². The Bertz CT molecular complexity index is 370. The van der Waals surface area contributed by atoms with Gasteiger partial charge >= 0.3 is 5.97 Å². The molecule has 0 bridgehead atoms. The molecule has 0 aromatic heterocycles. The second-order valence-electron chi connectivity index (χ2n) is 5.73. The summed E-state index contributed by atoms with van der Waals surface area (Å²) in [5.74, 6) is -1.54. The minimum Gasteiger partial charge on any atom is -0.467 e. The van der Waals surface area contributed by atoms with Crippen molar-refractivity contribution in [3.8, 4) is 0 Å². The first kappa shape index (κ1) is 16.6. The molecule has 5 unspecified atom stereocenters. The predicted octanol–water partition coefficient (Wildman–Crippen LogP) is 0.582. The summed E-state index contributed by atoms with van der Waals surface area (Å²) in [6.45, 7) is 6.12. The fourth-order valence-electron chi connectivity index (χ4n) is 2.57. The van der Waals surface area contributed by atoms with Gasteiger partial charge in [-0.05, 0) is 20.3 Å². The van der Waals surface area contributed by atoms with Gasteiger partial charge in [0.2, 0.25) is 0 Å². The lowest BCUT2D eigenvalue weighted by Gasteiger charge is -2.27. The van der Waals surface area contributed by atoms with Crippen LogP contribution in [-0.4, -0.2) is 61.3 Å². The molecular formula is C14H24O7. The zero-order valence-corrected chi connectivity index (χ0v) is 12.9. The van der Waals surface area contributed by atoms with E-state index in [4.69, 9.17) is 18.9 Å². The minimum absolute atomic E-state index is 0.471. The van der Waals surface area contributed by atoms with Gasteiger partial charge in [-0.25, -0.2) is 4.79 Å². The molecule has 5 atom stereocenters. The van der Waals surface area contributed by atoms with Crippen LogP contribution in [0.15, 0.2) is 0 Å².